The largest absolute Gasteiger partial charge is 0.350 e. The first-order chi connectivity index (χ1) is 8.89. The molecule has 1 aromatic heterocycles. The van der Waals surface area contributed by atoms with E-state index >= 15 is 0 Å². The van der Waals surface area contributed by atoms with Crippen LogP contribution in [0.5, 0.6) is 0 Å². The summed E-state index contributed by atoms with van der Waals surface area (Å²) in [6.45, 7) is 11.0. The molecule has 19 heavy (non-hydrogen) atoms. The molecule has 1 amide bonds. The summed E-state index contributed by atoms with van der Waals surface area (Å²) in [5, 5.41) is 8.48. The lowest BCUT2D eigenvalue weighted by Gasteiger charge is -2.26. The highest BCUT2D eigenvalue weighted by Gasteiger charge is 2.21. The van der Waals surface area contributed by atoms with E-state index in [1.54, 1.807) is 11.3 Å². The lowest BCUT2D eigenvalue weighted by molar-refractivity contribution is -0.124. The number of nitrogens with one attached hydrogen (secondary N) is 2. The molecule has 0 spiro atoms. The summed E-state index contributed by atoms with van der Waals surface area (Å²) in [7, 11) is 0. The maximum absolute atomic E-state index is 12.1. The predicted octanol–water partition coefficient (Wildman–Crippen LogP) is 3.09. The molecule has 2 N–H and O–H groups in total. The fraction of sp³-hybridized carbons (Fsp3) is 0.667. The standard InChI is InChI=1S/C15H26N2OS/c1-6-12-8-9-19-13(12)10-16-11(3)14(18)17-15(4,5)7-2/h8-9,11,16H,6-7,10H2,1-5H3,(H,17,18). The van der Waals surface area contributed by atoms with E-state index in [1.165, 1.54) is 10.4 Å². The van der Waals surface area contributed by atoms with Crippen LogP contribution in [-0.4, -0.2) is 17.5 Å². The SMILES string of the molecule is CCc1ccsc1CNC(C)C(=O)NC(C)(C)CC. The van der Waals surface area contributed by atoms with Crippen molar-refractivity contribution in [2.24, 2.45) is 0 Å². The van der Waals surface area contributed by atoms with E-state index in [0.29, 0.717) is 0 Å². The minimum Gasteiger partial charge on any atom is -0.350 e. The van der Waals surface area contributed by atoms with Gasteiger partial charge in [0.25, 0.3) is 0 Å². The molecule has 3 nitrogen and oxygen atoms in total. The Hall–Kier alpha value is -0.870. The third kappa shape index (κ3) is 4.96. The van der Waals surface area contributed by atoms with E-state index in [9.17, 15) is 4.79 Å². The van der Waals surface area contributed by atoms with E-state index in [0.717, 1.165) is 19.4 Å². The van der Waals surface area contributed by atoms with E-state index in [1.807, 2.05) is 20.8 Å². The topological polar surface area (TPSA) is 41.1 Å². The van der Waals surface area contributed by atoms with Crippen LogP contribution in [0.3, 0.4) is 0 Å². The Kier molecular flexibility index (Phi) is 6.01. The normalized spacial score (nSPS) is 13.3. The molecule has 0 radical (unpaired) electrons. The van der Waals surface area contributed by atoms with Crippen LogP contribution in [0.1, 0.15) is 51.5 Å². The van der Waals surface area contributed by atoms with E-state index in [-0.39, 0.29) is 17.5 Å². The minimum atomic E-state index is -0.169. The van der Waals surface area contributed by atoms with Gasteiger partial charge in [-0.05, 0) is 50.6 Å². The third-order valence-electron chi connectivity index (χ3n) is 3.53. The molecular weight excluding hydrogens is 256 g/mol. The number of thiophene rings is 1. The van der Waals surface area contributed by atoms with Crippen LogP contribution in [0, 0.1) is 0 Å². The van der Waals surface area contributed by atoms with Crippen LogP contribution in [0.2, 0.25) is 0 Å². The molecule has 108 valence electrons. The van der Waals surface area contributed by atoms with Gasteiger partial charge in [0.2, 0.25) is 5.91 Å². The second-order valence-corrected chi connectivity index (χ2v) is 6.55. The Balaban J connectivity index is 2.47. The Morgan fingerprint density at radius 3 is 2.68 bits per heavy atom. The summed E-state index contributed by atoms with van der Waals surface area (Å²) >= 11 is 1.75. The number of hydrogen-bond acceptors (Lipinski definition) is 3. The fourth-order valence-electron chi connectivity index (χ4n) is 1.71. The van der Waals surface area contributed by atoms with Crippen molar-refractivity contribution in [3.63, 3.8) is 0 Å². The predicted molar refractivity (Wildman–Crippen MR) is 82.5 cm³/mol. The highest BCUT2D eigenvalue weighted by molar-refractivity contribution is 7.10. The molecule has 0 fully saturated rings. The first-order valence-corrected chi connectivity index (χ1v) is 7.88. The van der Waals surface area contributed by atoms with E-state index in [4.69, 9.17) is 0 Å². The molecule has 1 aromatic rings. The summed E-state index contributed by atoms with van der Waals surface area (Å²) in [5.41, 5.74) is 1.24. The summed E-state index contributed by atoms with van der Waals surface area (Å²) < 4.78 is 0. The van der Waals surface area contributed by atoms with Gasteiger partial charge in [0.1, 0.15) is 0 Å². The highest BCUT2D eigenvalue weighted by Crippen LogP contribution is 2.17. The van der Waals surface area contributed by atoms with Gasteiger partial charge >= 0.3 is 0 Å². The van der Waals surface area contributed by atoms with Gasteiger partial charge in [0.15, 0.2) is 0 Å². The average molecular weight is 282 g/mol. The summed E-state index contributed by atoms with van der Waals surface area (Å²) in [4.78, 5) is 13.4. The van der Waals surface area contributed by atoms with Gasteiger partial charge in [-0.1, -0.05) is 13.8 Å². The molecule has 1 rings (SSSR count). The Labute approximate surface area is 120 Å². The molecule has 4 heteroatoms. The van der Waals surface area contributed by atoms with E-state index in [2.05, 4.69) is 35.9 Å². The molecule has 0 saturated carbocycles. The van der Waals surface area contributed by atoms with Gasteiger partial charge in [-0.15, -0.1) is 11.3 Å². The number of hydrogen-bond donors (Lipinski definition) is 2. The summed E-state index contributed by atoms with van der Waals surface area (Å²) in [6.07, 6.45) is 1.97. The highest BCUT2D eigenvalue weighted by atomic mass is 32.1. The number of carbonyl (C=O) groups excluding carboxylic acids is 1. The summed E-state index contributed by atoms with van der Waals surface area (Å²) in [6, 6.07) is 1.99. The zero-order chi connectivity index (χ0) is 14.5. The van der Waals surface area contributed by atoms with Crippen molar-refractivity contribution in [1.29, 1.82) is 0 Å². The molecule has 1 unspecified atom stereocenters. The van der Waals surface area contributed by atoms with Crippen molar-refractivity contribution in [3.05, 3.63) is 21.9 Å². The van der Waals surface area contributed by atoms with Gasteiger partial charge in [-0.25, -0.2) is 0 Å². The zero-order valence-corrected chi connectivity index (χ0v) is 13.5. The van der Waals surface area contributed by atoms with Gasteiger partial charge in [0, 0.05) is 17.0 Å². The third-order valence-corrected chi connectivity index (χ3v) is 4.49. The van der Waals surface area contributed by atoms with Crippen molar-refractivity contribution < 1.29 is 4.79 Å². The van der Waals surface area contributed by atoms with Gasteiger partial charge < -0.3 is 10.6 Å². The number of aryl methyl sites for hydroxylation is 1. The molecule has 0 saturated heterocycles. The lowest BCUT2D eigenvalue weighted by Crippen LogP contribution is -2.50. The average Bonchev–Trinajstić information content (AvgIpc) is 2.82. The van der Waals surface area contributed by atoms with Crippen LogP contribution in [0.4, 0.5) is 0 Å². The first-order valence-electron chi connectivity index (χ1n) is 7.00. The number of amides is 1. The van der Waals surface area contributed by atoms with Crippen molar-refractivity contribution in [1.82, 2.24) is 10.6 Å². The monoisotopic (exact) mass is 282 g/mol. The Morgan fingerprint density at radius 2 is 2.11 bits per heavy atom. The second kappa shape index (κ2) is 7.06. The molecule has 1 atom stereocenters. The quantitative estimate of drug-likeness (QED) is 0.807. The smallest absolute Gasteiger partial charge is 0.237 e. The fourth-order valence-corrected chi connectivity index (χ4v) is 2.63. The van der Waals surface area contributed by atoms with Crippen LogP contribution < -0.4 is 10.6 Å². The molecule has 0 aromatic carbocycles. The van der Waals surface area contributed by atoms with Crippen molar-refractivity contribution >= 4 is 17.2 Å². The molecule has 0 aliphatic heterocycles. The maximum Gasteiger partial charge on any atom is 0.237 e. The van der Waals surface area contributed by atoms with Crippen LogP contribution in [0.15, 0.2) is 11.4 Å². The van der Waals surface area contributed by atoms with Gasteiger partial charge in [-0.3, -0.25) is 4.79 Å². The minimum absolute atomic E-state index is 0.0708. The Morgan fingerprint density at radius 1 is 1.42 bits per heavy atom. The van der Waals surface area contributed by atoms with Crippen molar-refractivity contribution in [2.75, 3.05) is 0 Å². The molecular formula is C15H26N2OS. The van der Waals surface area contributed by atoms with Crippen molar-refractivity contribution in [2.45, 2.75) is 65.6 Å². The molecule has 0 bridgehead atoms. The van der Waals surface area contributed by atoms with E-state index < -0.39 is 0 Å². The first kappa shape index (κ1) is 16.2. The molecule has 0 aliphatic rings. The van der Waals surface area contributed by atoms with Gasteiger partial charge in [0.05, 0.1) is 6.04 Å². The molecule has 1 heterocycles. The van der Waals surface area contributed by atoms with Crippen LogP contribution in [-0.2, 0) is 17.8 Å². The van der Waals surface area contributed by atoms with Crippen LogP contribution in [0.25, 0.3) is 0 Å². The molecule has 0 aliphatic carbocycles. The van der Waals surface area contributed by atoms with Crippen molar-refractivity contribution in [3.8, 4) is 0 Å². The number of rotatable bonds is 7. The Bertz CT molecular complexity index is 412. The zero-order valence-electron chi connectivity index (χ0n) is 12.7. The second-order valence-electron chi connectivity index (χ2n) is 5.55. The van der Waals surface area contributed by atoms with Gasteiger partial charge in [-0.2, -0.15) is 0 Å². The number of carbonyl (C=O) groups is 1. The maximum atomic E-state index is 12.1. The van der Waals surface area contributed by atoms with Crippen LogP contribution >= 0.6 is 11.3 Å². The summed E-state index contributed by atoms with van der Waals surface area (Å²) in [5.74, 6) is 0.0708. The lowest BCUT2D eigenvalue weighted by atomic mass is 10.0.